The average Bonchev–Trinajstić information content (AvgIpc) is 2.48. The second kappa shape index (κ2) is 4.35. The summed E-state index contributed by atoms with van der Waals surface area (Å²) < 4.78 is 2.06. The molecule has 15 heavy (non-hydrogen) atoms. The maximum atomic E-state index is 5.96. The topological polar surface area (TPSA) is 43.8 Å². The molecule has 0 aliphatic heterocycles. The predicted molar refractivity (Wildman–Crippen MR) is 63.8 cm³/mol. The molecule has 0 aliphatic carbocycles. The van der Waals surface area contributed by atoms with Crippen molar-refractivity contribution in [3.05, 3.63) is 17.5 Å². The highest BCUT2D eigenvalue weighted by atomic mass is 15.3. The van der Waals surface area contributed by atoms with Crippen LogP contribution in [0.2, 0.25) is 0 Å². The van der Waals surface area contributed by atoms with Crippen LogP contribution in [0.4, 0.5) is 0 Å². The summed E-state index contributed by atoms with van der Waals surface area (Å²) in [6.07, 6.45) is 2.16. The SMILES string of the molecule is CCCc1cc([C@H](C)N)n(C(C)(C)C)n1. The average molecular weight is 209 g/mol. The molecule has 0 saturated heterocycles. The van der Waals surface area contributed by atoms with Crippen LogP contribution in [0.3, 0.4) is 0 Å². The number of nitrogens with two attached hydrogens (primary N) is 1. The van der Waals surface area contributed by atoms with E-state index in [-0.39, 0.29) is 11.6 Å². The van der Waals surface area contributed by atoms with Crippen molar-refractivity contribution in [1.82, 2.24) is 9.78 Å². The molecule has 2 N–H and O–H groups in total. The van der Waals surface area contributed by atoms with Gasteiger partial charge in [-0.15, -0.1) is 0 Å². The number of rotatable bonds is 3. The first kappa shape index (κ1) is 12.2. The standard InChI is InChI=1S/C12H23N3/c1-6-7-10-8-11(9(2)13)15(14-10)12(3,4)5/h8-9H,6-7,13H2,1-5H3/t9-/m0/s1. The van der Waals surface area contributed by atoms with Gasteiger partial charge >= 0.3 is 0 Å². The Morgan fingerprint density at radius 1 is 1.47 bits per heavy atom. The van der Waals surface area contributed by atoms with Gasteiger partial charge in [-0.25, -0.2) is 0 Å². The van der Waals surface area contributed by atoms with E-state index >= 15 is 0 Å². The van der Waals surface area contributed by atoms with E-state index < -0.39 is 0 Å². The van der Waals surface area contributed by atoms with Crippen LogP contribution in [0, 0.1) is 0 Å². The minimum Gasteiger partial charge on any atom is -0.323 e. The van der Waals surface area contributed by atoms with Gasteiger partial charge in [0.1, 0.15) is 0 Å². The van der Waals surface area contributed by atoms with Crippen LogP contribution >= 0.6 is 0 Å². The van der Waals surface area contributed by atoms with Gasteiger partial charge in [-0.2, -0.15) is 5.10 Å². The third-order valence-corrected chi connectivity index (χ3v) is 2.40. The number of hydrogen-bond donors (Lipinski definition) is 1. The Hall–Kier alpha value is -0.830. The summed E-state index contributed by atoms with van der Waals surface area (Å²) in [6, 6.07) is 2.18. The van der Waals surface area contributed by atoms with E-state index in [1.165, 1.54) is 0 Å². The van der Waals surface area contributed by atoms with E-state index in [1.807, 2.05) is 6.92 Å². The van der Waals surface area contributed by atoms with Crippen LogP contribution in [-0.4, -0.2) is 9.78 Å². The molecule has 3 heteroatoms. The fourth-order valence-electron chi connectivity index (χ4n) is 1.69. The van der Waals surface area contributed by atoms with Crippen molar-refractivity contribution in [2.75, 3.05) is 0 Å². The molecule has 3 nitrogen and oxygen atoms in total. The summed E-state index contributed by atoms with van der Waals surface area (Å²) >= 11 is 0. The first-order chi connectivity index (χ1) is 6.86. The minimum absolute atomic E-state index is 0.00888. The van der Waals surface area contributed by atoms with E-state index in [2.05, 4.69) is 43.5 Å². The molecule has 1 rings (SSSR count). The van der Waals surface area contributed by atoms with Gasteiger partial charge in [-0.05, 0) is 40.2 Å². The van der Waals surface area contributed by atoms with Crippen molar-refractivity contribution in [2.24, 2.45) is 5.73 Å². The molecular formula is C12H23N3. The molecule has 1 aromatic rings. The predicted octanol–water partition coefficient (Wildman–Crippen LogP) is 2.61. The van der Waals surface area contributed by atoms with Crippen molar-refractivity contribution >= 4 is 0 Å². The molecule has 0 aliphatic rings. The molecule has 0 unspecified atom stereocenters. The van der Waals surface area contributed by atoms with Crippen LogP contribution in [0.15, 0.2) is 6.07 Å². The van der Waals surface area contributed by atoms with Crippen molar-refractivity contribution < 1.29 is 0 Å². The molecule has 0 saturated carbocycles. The van der Waals surface area contributed by atoms with Gasteiger partial charge in [0, 0.05) is 6.04 Å². The molecule has 1 heterocycles. The highest BCUT2D eigenvalue weighted by molar-refractivity contribution is 5.15. The van der Waals surface area contributed by atoms with Gasteiger partial charge in [-0.3, -0.25) is 4.68 Å². The van der Waals surface area contributed by atoms with E-state index in [1.54, 1.807) is 0 Å². The smallest absolute Gasteiger partial charge is 0.0628 e. The molecule has 0 fully saturated rings. The van der Waals surface area contributed by atoms with E-state index in [0.29, 0.717) is 0 Å². The Bertz CT molecular complexity index is 318. The summed E-state index contributed by atoms with van der Waals surface area (Å²) in [6.45, 7) is 10.6. The van der Waals surface area contributed by atoms with Crippen LogP contribution in [0.1, 0.15) is 58.5 Å². The second-order valence-electron chi connectivity index (χ2n) is 5.18. The lowest BCUT2D eigenvalue weighted by Crippen LogP contribution is -2.27. The van der Waals surface area contributed by atoms with Crippen molar-refractivity contribution in [3.8, 4) is 0 Å². The van der Waals surface area contributed by atoms with E-state index in [9.17, 15) is 0 Å². The van der Waals surface area contributed by atoms with Crippen LogP contribution in [0.5, 0.6) is 0 Å². The van der Waals surface area contributed by atoms with Crippen molar-refractivity contribution in [3.63, 3.8) is 0 Å². The Morgan fingerprint density at radius 3 is 2.40 bits per heavy atom. The van der Waals surface area contributed by atoms with Gasteiger partial charge in [-0.1, -0.05) is 13.3 Å². The lowest BCUT2D eigenvalue weighted by Gasteiger charge is -2.23. The zero-order valence-corrected chi connectivity index (χ0v) is 10.5. The maximum absolute atomic E-state index is 5.96. The highest BCUT2D eigenvalue weighted by Crippen LogP contribution is 2.21. The maximum Gasteiger partial charge on any atom is 0.0628 e. The number of aromatic nitrogens is 2. The Kier molecular flexibility index (Phi) is 3.55. The fraction of sp³-hybridized carbons (Fsp3) is 0.750. The molecule has 1 atom stereocenters. The molecule has 1 aromatic heterocycles. The first-order valence-electron chi connectivity index (χ1n) is 5.71. The van der Waals surface area contributed by atoms with Gasteiger partial charge in [0.15, 0.2) is 0 Å². The summed E-state index contributed by atoms with van der Waals surface area (Å²) in [5.41, 5.74) is 8.25. The molecule has 0 spiro atoms. The Balaban J connectivity index is 3.12. The third kappa shape index (κ3) is 2.81. The second-order valence-corrected chi connectivity index (χ2v) is 5.18. The molecule has 0 radical (unpaired) electrons. The van der Waals surface area contributed by atoms with Crippen molar-refractivity contribution in [2.45, 2.75) is 59.0 Å². The molecule has 86 valence electrons. The number of nitrogens with zero attached hydrogens (tertiary/aromatic N) is 2. The quantitative estimate of drug-likeness (QED) is 0.831. The summed E-state index contributed by atoms with van der Waals surface area (Å²) in [7, 11) is 0. The zero-order chi connectivity index (χ0) is 11.6. The Morgan fingerprint density at radius 2 is 2.07 bits per heavy atom. The van der Waals surface area contributed by atoms with Crippen LogP contribution in [0.25, 0.3) is 0 Å². The van der Waals surface area contributed by atoms with Crippen LogP contribution < -0.4 is 5.73 Å². The Labute approximate surface area is 92.7 Å². The lowest BCUT2D eigenvalue weighted by molar-refractivity contribution is 0.335. The van der Waals surface area contributed by atoms with Gasteiger partial charge in [0.25, 0.3) is 0 Å². The minimum atomic E-state index is 0.00888. The van der Waals surface area contributed by atoms with Crippen molar-refractivity contribution in [1.29, 1.82) is 0 Å². The largest absolute Gasteiger partial charge is 0.323 e. The zero-order valence-electron chi connectivity index (χ0n) is 10.5. The monoisotopic (exact) mass is 209 g/mol. The lowest BCUT2D eigenvalue weighted by atomic mass is 10.1. The molecule has 0 bridgehead atoms. The normalized spacial score (nSPS) is 14.3. The van der Waals surface area contributed by atoms with E-state index in [4.69, 9.17) is 5.73 Å². The molecule has 0 amide bonds. The number of hydrogen-bond acceptors (Lipinski definition) is 2. The first-order valence-corrected chi connectivity index (χ1v) is 5.71. The third-order valence-electron chi connectivity index (χ3n) is 2.40. The summed E-state index contributed by atoms with van der Waals surface area (Å²) in [5, 5.41) is 4.63. The molecular weight excluding hydrogens is 186 g/mol. The van der Waals surface area contributed by atoms with Gasteiger partial charge < -0.3 is 5.73 Å². The van der Waals surface area contributed by atoms with Crippen LogP contribution in [-0.2, 0) is 12.0 Å². The van der Waals surface area contributed by atoms with Gasteiger partial charge in [0.2, 0.25) is 0 Å². The fourth-order valence-corrected chi connectivity index (χ4v) is 1.69. The van der Waals surface area contributed by atoms with E-state index in [0.717, 1.165) is 24.2 Å². The van der Waals surface area contributed by atoms with Gasteiger partial charge in [0.05, 0.1) is 16.9 Å². The summed E-state index contributed by atoms with van der Waals surface area (Å²) in [5.74, 6) is 0. The summed E-state index contributed by atoms with van der Waals surface area (Å²) in [4.78, 5) is 0. The highest BCUT2D eigenvalue weighted by Gasteiger charge is 2.20. The number of aryl methyl sites for hydroxylation is 1. The molecule has 0 aromatic carbocycles.